The van der Waals surface area contributed by atoms with Crippen LogP contribution in [0.3, 0.4) is 0 Å². The van der Waals surface area contributed by atoms with Crippen molar-refractivity contribution in [1.82, 2.24) is 5.32 Å². The second kappa shape index (κ2) is 6.42. The Bertz CT molecular complexity index is 333. The van der Waals surface area contributed by atoms with E-state index in [1.807, 2.05) is 0 Å². The number of amides is 1. The number of carbonyl (C=O) groups is 3. The number of carbonyl (C=O) groups excluding carboxylic acids is 1. The maximum absolute atomic E-state index is 11.2. The maximum atomic E-state index is 11.2. The fourth-order valence-corrected chi connectivity index (χ4v) is 0.878. The molecule has 0 heterocycles. The van der Waals surface area contributed by atoms with Gasteiger partial charge < -0.3 is 21.3 Å². The number of carboxylic acids is 2. The zero-order valence-corrected chi connectivity index (χ0v) is 8.34. The summed E-state index contributed by atoms with van der Waals surface area (Å²) in [6.45, 7) is 0. The molecule has 0 radical (unpaired) electrons. The van der Waals surface area contributed by atoms with Crippen molar-refractivity contribution in [1.29, 1.82) is 0 Å². The lowest BCUT2D eigenvalue weighted by atomic mass is 10.1. The molecule has 0 aliphatic rings. The first-order valence-electron chi connectivity index (χ1n) is 4.32. The van der Waals surface area contributed by atoms with Crippen LogP contribution in [0.5, 0.6) is 0 Å². The van der Waals surface area contributed by atoms with E-state index in [9.17, 15) is 14.4 Å². The zero-order valence-electron chi connectivity index (χ0n) is 8.34. The van der Waals surface area contributed by atoms with Gasteiger partial charge in [-0.3, -0.25) is 9.59 Å². The van der Waals surface area contributed by atoms with E-state index < -0.39 is 36.4 Å². The fraction of sp³-hybridized carbons (Fsp3) is 0.444. The van der Waals surface area contributed by atoms with Gasteiger partial charge in [-0.1, -0.05) is 0 Å². The van der Waals surface area contributed by atoms with Crippen molar-refractivity contribution >= 4 is 17.8 Å². The molecule has 0 aromatic rings. The van der Waals surface area contributed by atoms with Crippen molar-refractivity contribution in [3.05, 3.63) is 0 Å². The van der Waals surface area contributed by atoms with Crippen LogP contribution in [-0.4, -0.2) is 40.1 Å². The third kappa shape index (κ3) is 4.97. The zero-order chi connectivity index (χ0) is 12.7. The summed E-state index contributed by atoms with van der Waals surface area (Å²) in [6.07, 6.45) is 4.14. The molecule has 2 atom stereocenters. The Balaban J connectivity index is 4.35. The van der Waals surface area contributed by atoms with E-state index in [0.717, 1.165) is 0 Å². The van der Waals surface area contributed by atoms with Crippen molar-refractivity contribution in [3.63, 3.8) is 0 Å². The van der Waals surface area contributed by atoms with Crippen LogP contribution in [0, 0.1) is 12.3 Å². The molecular formula is C9H12N2O5. The molecule has 7 heteroatoms. The van der Waals surface area contributed by atoms with E-state index in [1.165, 1.54) is 0 Å². The van der Waals surface area contributed by atoms with Crippen molar-refractivity contribution < 1.29 is 24.6 Å². The third-order valence-corrected chi connectivity index (χ3v) is 1.67. The summed E-state index contributed by atoms with van der Waals surface area (Å²) in [4.78, 5) is 32.1. The van der Waals surface area contributed by atoms with Crippen LogP contribution in [-0.2, 0) is 14.4 Å². The summed E-state index contributed by atoms with van der Waals surface area (Å²) in [5.41, 5.74) is 5.23. The minimum Gasteiger partial charge on any atom is -0.481 e. The van der Waals surface area contributed by atoms with Crippen LogP contribution < -0.4 is 11.1 Å². The van der Waals surface area contributed by atoms with Gasteiger partial charge in [0.1, 0.15) is 6.04 Å². The highest BCUT2D eigenvalue weighted by molar-refractivity contribution is 5.89. The van der Waals surface area contributed by atoms with E-state index >= 15 is 0 Å². The molecule has 0 aliphatic carbocycles. The van der Waals surface area contributed by atoms with E-state index in [-0.39, 0.29) is 6.42 Å². The smallest absolute Gasteiger partial charge is 0.327 e. The summed E-state index contributed by atoms with van der Waals surface area (Å²) in [6, 6.07) is -2.55. The highest BCUT2D eigenvalue weighted by atomic mass is 16.4. The van der Waals surface area contributed by atoms with Crippen LogP contribution >= 0.6 is 0 Å². The Morgan fingerprint density at radius 1 is 1.38 bits per heavy atom. The Morgan fingerprint density at radius 2 is 1.94 bits per heavy atom. The molecule has 1 amide bonds. The number of terminal acetylenes is 1. The van der Waals surface area contributed by atoms with Gasteiger partial charge in [0.25, 0.3) is 0 Å². The molecule has 16 heavy (non-hydrogen) atoms. The quantitative estimate of drug-likeness (QED) is 0.404. The molecule has 0 unspecified atom stereocenters. The van der Waals surface area contributed by atoms with Gasteiger partial charge in [-0.25, -0.2) is 4.79 Å². The number of carboxylic acid groups (broad SMARTS) is 2. The average molecular weight is 228 g/mol. The van der Waals surface area contributed by atoms with Gasteiger partial charge in [0.05, 0.1) is 12.5 Å². The maximum Gasteiger partial charge on any atom is 0.327 e. The molecule has 0 saturated carbocycles. The number of rotatable bonds is 6. The second-order valence-electron chi connectivity index (χ2n) is 3.01. The number of nitrogens with one attached hydrogen (secondary N) is 1. The van der Waals surface area contributed by atoms with Crippen LogP contribution in [0.25, 0.3) is 0 Å². The molecule has 0 fully saturated rings. The second-order valence-corrected chi connectivity index (χ2v) is 3.01. The summed E-state index contributed by atoms with van der Waals surface area (Å²) >= 11 is 0. The highest BCUT2D eigenvalue weighted by Gasteiger charge is 2.23. The topological polar surface area (TPSA) is 130 Å². The summed E-state index contributed by atoms with van der Waals surface area (Å²) < 4.78 is 0. The molecular weight excluding hydrogens is 216 g/mol. The predicted octanol–water partition coefficient (Wildman–Crippen LogP) is -1.62. The summed E-state index contributed by atoms with van der Waals surface area (Å²) in [5.74, 6) is -1.32. The molecule has 5 N–H and O–H groups in total. The van der Waals surface area contributed by atoms with E-state index in [0.29, 0.717) is 0 Å². The Morgan fingerprint density at radius 3 is 2.31 bits per heavy atom. The van der Waals surface area contributed by atoms with Crippen molar-refractivity contribution in [2.75, 3.05) is 0 Å². The van der Waals surface area contributed by atoms with E-state index in [2.05, 4.69) is 11.2 Å². The lowest BCUT2D eigenvalue weighted by Crippen LogP contribution is -2.48. The van der Waals surface area contributed by atoms with Gasteiger partial charge in [-0.2, -0.15) is 0 Å². The summed E-state index contributed by atoms with van der Waals surface area (Å²) in [5, 5.41) is 19.1. The molecule has 7 nitrogen and oxygen atoms in total. The monoisotopic (exact) mass is 228 g/mol. The first kappa shape index (κ1) is 13.9. The lowest BCUT2D eigenvalue weighted by molar-refractivity contribution is -0.142. The molecule has 0 aromatic carbocycles. The van der Waals surface area contributed by atoms with Crippen molar-refractivity contribution in [2.24, 2.45) is 5.73 Å². The molecule has 0 saturated heterocycles. The first-order chi connectivity index (χ1) is 7.38. The number of nitrogens with two attached hydrogens (primary N) is 1. The van der Waals surface area contributed by atoms with Gasteiger partial charge >= 0.3 is 11.9 Å². The first-order valence-corrected chi connectivity index (χ1v) is 4.32. The molecule has 0 aromatic heterocycles. The van der Waals surface area contributed by atoms with Crippen LogP contribution in [0.15, 0.2) is 0 Å². The predicted molar refractivity (Wildman–Crippen MR) is 53.2 cm³/mol. The Kier molecular flexibility index (Phi) is 5.59. The van der Waals surface area contributed by atoms with Crippen LogP contribution in [0.1, 0.15) is 12.8 Å². The van der Waals surface area contributed by atoms with Crippen molar-refractivity contribution in [2.45, 2.75) is 24.9 Å². The molecule has 0 spiro atoms. The van der Waals surface area contributed by atoms with Crippen molar-refractivity contribution in [3.8, 4) is 12.3 Å². The average Bonchev–Trinajstić information content (AvgIpc) is 2.15. The van der Waals surface area contributed by atoms with Gasteiger partial charge in [0, 0.05) is 6.42 Å². The van der Waals surface area contributed by atoms with Crippen LogP contribution in [0.4, 0.5) is 0 Å². The number of hydrogen-bond acceptors (Lipinski definition) is 4. The number of aliphatic carboxylic acids is 2. The minimum absolute atomic E-state index is 0.194. The minimum atomic E-state index is -1.30. The molecule has 88 valence electrons. The summed E-state index contributed by atoms with van der Waals surface area (Å²) in [7, 11) is 0. The third-order valence-electron chi connectivity index (χ3n) is 1.67. The van der Waals surface area contributed by atoms with Gasteiger partial charge in [0.15, 0.2) is 0 Å². The van der Waals surface area contributed by atoms with E-state index in [4.69, 9.17) is 22.4 Å². The molecule has 0 aliphatic heterocycles. The number of hydrogen-bond donors (Lipinski definition) is 4. The van der Waals surface area contributed by atoms with E-state index in [1.54, 1.807) is 0 Å². The normalized spacial score (nSPS) is 13.2. The SMILES string of the molecule is C#CC[C@@H](NC(=O)[C@H](N)CC(=O)O)C(=O)O. The Labute approximate surface area is 91.6 Å². The van der Waals surface area contributed by atoms with Gasteiger partial charge in [-0.05, 0) is 0 Å². The lowest BCUT2D eigenvalue weighted by Gasteiger charge is -2.14. The highest BCUT2D eigenvalue weighted by Crippen LogP contribution is 1.94. The standard InChI is InChI=1S/C9H12N2O5/c1-2-3-6(9(15)16)11-8(14)5(10)4-7(12)13/h1,5-6H,3-4,10H2,(H,11,14)(H,12,13)(H,15,16)/t5-,6-/m1/s1. The van der Waals surface area contributed by atoms with Gasteiger partial charge in [0.2, 0.25) is 5.91 Å². The Hall–Kier alpha value is -2.07. The van der Waals surface area contributed by atoms with Gasteiger partial charge in [-0.15, -0.1) is 12.3 Å². The van der Waals surface area contributed by atoms with Crippen LogP contribution in [0.2, 0.25) is 0 Å². The fourth-order valence-electron chi connectivity index (χ4n) is 0.878. The largest absolute Gasteiger partial charge is 0.481 e. The molecule has 0 bridgehead atoms. The molecule has 0 rings (SSSR count).